The van der Waals surface area contributed by atoms with E-state index in [2.05, 4.69) is 0 Å². The van der Waals surface area contributed by atoms with E-state index in [0.29, 0.717) is 5.56 Å². The molecule has 15 heavy (non-hydrogen) atoms. The highest BCUT2D eigenvalue weighted by molar-refractivity contribution is 6.27. The minimum absolute atomic E-state index is 0.209. The Morgan fingerprint density at radius 3 is 2.33 bits per heavy atom. The minimum Gasteiger partial charge on any atom is -0.383 e. The number of aryl methyl sites for hydroxylation is 1. The second-order valence-corrected chi connectivity index (χ2v) is 3.65. The molecule has 1 unspecified atom stereocenters. The first-order valence-corrected chi connectivity index (χ1v) is 5.05. The van der Waals surface area contributed by atoms with Gasteiger partial charge in [0.2, 0.25) is 0 Å². The molecule has 80 valence electrons. The molecule has 0 aliphatic carbocycles. The van der Waals surface area contributed by atoms with Crippen LogP contribution in [0.1, 0.15) is 24.2 Å². The summed E-state index contributed by atoms with van der Waals surface area (Å²) in [4.78, 5) is 11.1. The number of benzene rings is 1. The van der Waals surface area contributed by atoms with Crippen LogP contribution in [0.3, 0.4) is 0 Å². The van der Waals surface area contributed by atoms with Gasteiger partial charge in [-0.05, 0) is 19.4 Å². The van der Waals surface area contributed by atoms with Gasteiger partial charge >= 0.3 is 0 Å². The molecule has 0 bridgehead atoms. The minimum atomic E-state index is -0.944. The van der Waals surface area contributed by atoms with E-state index in [1.807, 2.05) is 19.1 Å². The van der Waals surface area contributed by atoms with Crippen LogP contribution in [0.2, 0.25) is 0 Å². The summed E-state index contributed by atoms with van der Waals surface area (Å²) in [5, 5.41) is 9.87. The van der Waals surface area contributed by atoms with Gasteiger partial charge in [-0.3, -0.25) is 4.79 Å². The van der Waals surface area contributed by atoms with Crippen molar-refractivity contribution >= 4 is 17.4 Å². The van der Waals surface area contributed by atoms with E-state index in [0.717, 1.165) is 11.1 Å². The molecule has 0 heterocycles. The number of Topliss-reactive ketones (excluding diaryl/α,β-unsaturated/α-hetero) is 1. The van der Waals surface area contributed by atoms with E-state index in [1.54, 1.807) is 12.1 Å². The molecular formula is C12H13ClO2. The Balaban J connectivity index is 2.98. The average molecular weight is 225 g/mol. The zero-order chi connectivity index (χ0) is 11.4. The quantitative estimate of drug-likeness (QED) is 0.802. The van der Waals surface area contributed by atoms with E-state index in [9.17, 15) is 9.90 Å². The number of carbonyl (C=O) groups is 1. The summed E-state index contributed by atoms with van der Waals surface area (Å²) >= 11 is 5.50. The predicted molar refractivity (Wildman–Crippen MR) is 60.8 cm³/mol. The highest BCUT2D eigenvalue weighted by Gasteiger charge is 2.16. The average Bonchev–Trinajstić information content (AvgIpc) is 2.19. The van der Waals surface area contributed by atoms with Crippen LogP contribution < -0.4 is 0 Å². The number of rotatable bonds is 3. The van der Waals surface area contributed by atoms with Crippen LogP contribution in [0.4, 0.5) is 0 Å². The predicted octanol–water partition coefficient (Wildman–Crippen LogP) is 2.74. The van der Waals surface area contributed by atoms with Gasteiger partial charge in [-0.25, -0.2) is 0 Å². The molecule has 0 fully saturated rings. The third-order valence-electron chi connectivity index (χ3n) is 2.21. The summed E-state index contributed by atoms with van der Waals surface area (Å²) in [5.74, 6) is -0.224. The lowest BCUT2D eigenvalue weighted by Gasteiger charge is -2.12. The Bertz CT molecular complexity index is 379. The molecule has 1 aromatic carbocycles. The van der Waals surface area contributed by atoms with Crippen molar-refractivity contribution in [2.24, 2.45) is 0 Å². The highest BCUT2D eigenvalue weighted by atomic mass is 35.5. The van der Waals surface area contributed by atoms with Crippen molar-refractivity contribution in [2.45, 2.75) is 20.0 Å². The first-order chi connectivity index (χ1) is 7.06. The van der Waals surface area contributed by atoms with Gasteiger partial charge in [0.05, 0.1) is 0 Å². The molecule has 1 N–H and O–H groups in total. The Morgan fingerprint density at radius 1 is 1.40 bits per heavy atom. The molecule has 2 nitrogen and oxygen atoms in total. The van der Waals surface area contributed by atoms with Crippen molar-refractivity contribution in [2.75, 3.05) is 0 Å². The fraction of sp³-hybridized carbons (Fsp3) is 0.250. The van der Waals surface area contributed by atoms with Crippen LogP contribution in [0, 0.1) is 6.92 Å². The van der Waals surface area contributed by atoms with Gasteiger partial charge in [-0.1, -0.05) is 41.4 Å². The molecule has 0 aliphatic rings. The summed E-state index contributed by atoms with van der Waals surface area (Å²) in [5.41, 5.74) is 3.11. The normalized spacial score (nSPS) is 13.7. The number of ketones is 1. The van der Waals surface area contributed by atoms with E-state index in [-0.39, 0.29) is 11.4 Å². The largest absolute Gasteiger partial charge is 0.383 e. The van der Waals surface area contributed by atoms with Gasteiger partial charge in [0.1, 0.15) is 6.10 Å². The smallest absolute Gasteiger partial charge is 0.159 e. The molecular weight excluding hydrogens is 212 g/mol. The second kappa shape index (κ2) is 5.10. The number of carbonyl (C=O) groups excluding carboxylic acids is 1. The van der Waals surface area contributed by atoms with E-state index in [1.165, 1.54) is 6.92 Å². The van der Waals surface area contributed by atoms with Crippen molar-refractivity contribution in [1.29, 1.82) is 0 Å². The molecule has 3 heteroatoms. The standard InChI is InChI=1S/C12H13ClO2/c1-8-3-5-10(6-4-8)12(15)11(7-13)9(2)14/h3-7,12,15H,1-2H3/b11-7-. The van der Waals surface area contributed by atoms with Crippen LogP contribution in [-0.4, -0.2) is 10.9 Å². The van der Waals surface area contributed by atoms with Gasteiger partial charge in [-0.15, -0.1) is 0 Å². The van der Waals surface area contributed by atoms with Crippen molar-refractivity contribution in [1.82, 2.24) is 0 Å². The van der Waals surface area contributed by atoms with Crippen LogP contribution in [0.5, 0.6) is 0 Å². The Labute approximate surface area is 94.2 Å². The van der Waals surface area contributed by atoms with Gasteiger partial charge in [-0.2, -0.15) is 0 Å². The van der Waals surface area contributed by atoms with E-state index >= 15 is 0 Å². The summed E-state index contributed by atoms with van der Waals surface area (Å²) < 4.78 is 0. The Hall–Kier alpha value is -1.12. The maximum atomic E-state index is 11.1. The molecule has 0 radical (unpaired) electrons. The maximum Gasteiger partial charge on any atom is 0.159 e. The fourth-order valence-corrected chi connectivity index (χ4v) is 1.53. The molecule has 1 atom stereocenters. The molecule has 0 aromatic heterocycles. The van der Waals surface area contributed by atoms with Crippen molar-refractivity contribution in [3.63, 3.8) is 0 Å². The molecule has 0 saturated heterocycles. The summed E-state index contributed by atoms with van der Waals surface area (Å²) in [6, 6.07) is 7.32. The Morgan fingerprint density at radius 2 is 1.93 bits per heavy atom. The molecule has 1 rings (SSSR count). The number of hydrogen-bond acceptors (Lipinski definition) is 2. The topological polar surface area (TPSA) is 37.3 Å². The zero-order valence-corrected chi connectivity index (χ0v) is 9.45. The summed E-state index contributed by atoms with van der Waals surface area (Å²) in [7, 11) is 0. The van der Waals surface area contributed by atoms with Crippen molar-refractivity contribution < 1.29 is 9.90 Å². The Kier molecular flexibility index (Phi) is 4.06. The van der Waals surface area contributed by atoms with Gasteiger partial charge < -0.3 is 5.11 Å². The molecule has 0 aliphatic heterocycles. The summed E-state index contributed by atoms with van der Waals surface area (Å²) in [6.45, 7) is 3.34. The third kappa shape index (κ3) is 2.91. The fourth-order valence-electron chi connectivity index (χ4n) is 1.26. The SMILES string of the molecule is CC(=O)/C(=C/Cl)C(O)c1ccc(C)cc1. The highest BCUT2D eigenvalue weighted by Crippen LogP contribution is 2.23. The third-order valence-corrected chi connectivity index (χ3v) is 2.45. The number of halogens is 1. The zero-order valence-electron chi connectivity index (χ0n) is 8.70. The molecule has 1 aromatic rings. The lowest BCUT2D eigenvalue weighted by atomic mass is 9.99. The van der Waals surface area contributed by atoms with Crippen LogP contribution in [0.15, 0.2) is 35.4 Å². The molecule has 0 saturated carbocycles. The van der Waals surface area contributed by atoms with E-state index in [4.69, 9.17) is 11.6 Å². The number of aliphatic hydroxyl groups excluding tert-OH is 1. The first kappa shape index (κ1) is 12.0. The maximum absolute atomic E-state index is 11.1. The van der Waals surface area contributed by atoms with Crippen LogP contribution >= 0.6 is 11.6 Å². The van der Waals surface area contributed by atoms with Gasteiger partial charge in [0.15, 0.2) is 5.78 Å². The van der Waals surface area contributed by atoms with Gasteiger partial charge in [0, 0.05) is 11.1 Å². The molecule has 0 spiro atoms. The second-order valence-electron chi connectivity index (χ2n) is 3.43. The van der Waals surface area contributed by atoms with E-state index < -0.39 is 6.10 Å². The number of aliphatic hydroxyl groups is 1. The summed E-state index contributed by atoms with van der Waals surface area (Å²) in [6.07, 6.45) is -0.944. The first-order valence-electron chi connectivity index (χ1n) is 4.62. The lowest BCUT2D eigenvalue weighted by Crippen LogP contribution is -2.08. The lowest BCUT2D eigenvalue weighted by molar-refractivity contribution is -0.114. The van der Waals surface area contributed by atoms with Gasteiger partial charge in [0.25, 0.3) is 0 Å². The van der Waals surface area contributed by atoms with Crippen molar-refractivity contribution in [3.8, 4) is 0 Å². The number of hydrogen-bond donors (Lipinski definition) is 1. The monoisotopic (exact) mass is 224 g/mol. The van der Waals surface area contributed by atoms with Crippen molar-refractivity contribution in [3.05, 3.63) is 46.5 Å². The molecule has 0 amide bonds. The van der Waals surface area contributed by atoms with Crippen LogP contribution in [0.25, 0.3) is 0 Å². The van der Waals surface area contributed by atoms with Crippen LogP contribution in [-0.2, 0) is 4.79 Å².